The molecule has 0 radical (unpaired) electrons. The molecule has 0 saturated carbocycles. The summed E-state index contributed by atoms with van der Waals surface area (Å²) < 4.78 is 10.5. The minimum Gasteiger partial charge on any atom is -0.434 e. The molecule has 30 heavy (non-hydrogen) atoms. The van der Waals surface area contributed by atoms with Crippen molar-refractivity contribution in [2.45, 2.75) is 91.9 Å². The molecule has 0 aromatic carbocycles. The van der Waals surface area contributed by atoms with Crippen molar-refractivity contribution in [2.75, 3.05) is 52.5 Å². The fourth-order valence-electron chi connectivity index (χ4n) is 3.13. The molecule has 0 saturated heterocycles. The predicted molar refractivity (Wildman–Crippen MR) is 134 cm³/mol. The first-order valence-corrected chi connectivity index (χ1v) is 11.9. The molecule has 0 bridgehead atoms. The first-order valence-electron chi connectivity index (χ1n) is 11.9. The van der Waals surface area contributed by atoms with Crippen molar-refractivity contribution < 1.29 is 14.3 Å². The van der Waals surface area contributed by atoms with Gasteiger partial charge < -0.3 is 19.3 Å². The van der Waals surface area contributed by atoms with E-state index in [1.807, 2.05) is 0 Å². The zero-order chi connectivity index (χ0) is 20.9. The molecule has 0 spiro atoms. The minimum atomic E-state index is -0.512. The van der Waals surface area contributed by atoms with E-state index in [2.05, 4.69) is 37.5 Å². The Morgan fingerprint density at radius 3 is 1.07 bits per heavy atom. The highest BCUT2D eigenvalue weighted by atomic mass is 35.5. The van der Waals surface area contributed by atoms with E-state index in [9.17, 15) is 4.79 Å². The molecule has 0 aliphatic rings. The summed E-state index contributed by atoms with van der Waals surface area (Å²) in [5, 5.41) is 0. The number of halogens is 2. The molecule has 0 heterocycles. The fourth-order valence-corrected chi connectivity index (χ4v) is 3.13. The third-order valence-corrected chi connectivity index (χ3v) is 4.99. The number of carbonyl (C=O) groups is 1. The number of unbranched alkanes of at least 4 members (excludes halogenated alkanes) is 4. The van der Waals surface area contributed by atoms with E-state index in [1.54, 1.807) is 0 Å². The zero-order valence-corrected chi connectivity index (χ0v) is 21.8. The van der Waals surface area contributed by atoms with Crippen molar-refractivity contribution in [3.05, 3.63) is 0 Å². The van der Waals surface area contributed by atoms with Gasteiger partial charge in [0.25, 0.3) is 0 Å². The molecule has 184 valence electrons. The van der Waals surface area contributed by atoms with Gasteiger partial charge in [0.15, 0.2) is 0 Å². The Hall–Kier alpha value is -0.230. The third kappa shape index (κ3) is 22.5. The maximum absolute atomic E-state index is 11.7. The largest absolute Gasteiger partial charge is 0.508 e. The van der Waals surface area contributed by atoms with Crippen LogP contribution in [0.15, 0.2) is 0 Å². The normalized spacial score (nSPS) is 10.6. The van der Waals surface area contributed by atoms with Gasteiger partial charge in [-0.05, 0) is 64.7 Å². The van der Waals surface area contributed by atoms with E-state index in [0.717, 1.165) is 52.1 Å². The van der Waals surface area contributed by atoms with Crippen molar-refractivity contribution in [1.82, 2.24) is 9.80 Å². The number of carbonyl (C=O) groups excluding carboxylic acids is 1. The lowest BCUT2D eigenvalue weighted by Gasteiger charge is -2.22. The van der Waals surface area contributed by atoms with Crippen LogP contribution in [0.1, 0.15) is 91.9 Å². The van der Waals surface area contributed by atoms with Crippen LogP contribution in [0.25, 0.3) is 0 Å². The topological polar surface area (TPSA) is 42.0 Å². The van der Waals surface area contributed by atoms with E-state index in [4.69, 9.17) is 9.47 Å². The maximum atomic E-state index is 11.7. The average molecular weight is 474 g/mol. The van der Waals surface area contributed by atoms with Crippen LogP contribution in [-0.4, -0.2) is 68.4 Å². The molecule has 0 aromatic heterocycles. The molecular formula is C23H50Cl2N2O3. The smallest absolute Gasteiger partial charge is 0.434 e. The van der Waals surface area contributed by atoms with E-state index < -0.39 is 6.16 Å². The van der Waals surface area contributed by atoms with Crippen LogP contribution in [-0.2, 0) is 9.47 Å². The van der Waals surface area contributed by atoms with Crippen LogP contribution >= 0.6 is 24.8 Å². The van der Waals surface area contributed by atoms with Crippen molar-refractivity contribution in [2.24, 2.45) is 0 Å². The molecule has 0 aromatic rings. The molecule has 7 heteroatoms. The van der Waals surface area contributed by atoms with Gasteiger partial charge >= 0.3 is 6.16 Å². The monoisotopic (exact) mass is 472 g/mol. The molecule has 0 aliphatic heterocycles. The minimum absolute atomic E-state index is 0. The summed E-state index contributed by atoms with van der Waals surface area (Å²) in [4.78, 5) is 16.7. The summed E-state index contributed by atoms with van der Waals surface area (Å²) in [7, 11) is 0. The standard InChI is InChI=1S/C23H48N2O3.2ClH/c1-5-9-15-24(16-10-6-2)19-13-21-27-23(26)28-22-14-20-25(17-11-7-3)18-12-8-4;;/h5-22H2,1-4H3;2*1H. The van der Waals surface area contributed by atoms with Gasteiger partial charge in [0.05, 0.1) is 13.2 Å². The van der Waals surface area contributed by atoms with E-state index >= 15 is 0 Å². The number of nitrogens with zero attached hydrogens (tertiary/aromatic N) is 2. The van der Waals surface area contributed by atoms with Gasteiger partial charge in [0.2, 0.25) is 0 Å². The SMILES string of the molecule is CCCCN(CCCC)CCCOC(=O)OCCCN(CCCC)CCCC.Cl.Cl. The lowest BCUT2D eigenvalue weighted by atomic mass is 10.2. The van der Waals surface area contributed by atoms with Gasteiger partial charge in [0, 0.05) is 13.1 Å². The van der Waals surface area contributed by atoms with Crippen LogP contribution in [0.4, 0.5) is 4.79 Å². The summed E-state index contributed by atoms with van der Waals surface area (Å²) in [6.07, 6.45) is 11.1. The number of ether oxygens (including phenoxy) is 2. The van der Waals surface area contributed by atoms with Gasteiger partial charge in [0.1, 0.15) is 0 Å². The second kappa shape index (κ2) is 26.8. The molecule has 0 N–H and O–H groups in total. The third-order valence-electron chi connectivity index (χ3n) is 4.99. The first kappa shape index (κ1) is 34.4. The second-order valence-electron chi connectivity index (χ2n) is 7.75. The van der Waals surface area contributed by atoms with Crippen molar-refractivity contribution >= 4 is 31.0 Å². The molecule has 0 amide bonds. The van der Waals surface area contributed by atoms with Crippen LogP contribution in [0.3, 0.4) is 0 Å². The number of hydrogen-bond acceptors (Lipinski definition) is 5. The predicted octanol–water partition coefficient (Wildman–Crippen LogP) is 6.57. The molecule has 0 unspecified atom stereocenters. The van der Waals surface area contributed by atoms with Gasteiger partial charge in [-0.15, -0.1) is 24.8 Å². The van der Waals surface area contributed by atoms with Gasteiger partial charge in [-0.1, -0.05) is 53.4 Å². The zero-order valence-electron chi connectivity index (χ0n) is 20.2. The van der Waals surface area contributed by atoms with Gasteiger partial charge in [-0.3, -0.25) is 0 Å². The summed E-state index contributed by atoms with van der Waals surface area (Å²) in [6.45, 7) is 16.4. The molecule has 5 nitrogen and oxygen atoms in total. The van der Waals surface area contributed by atoms with Crippen LogP contribution in [0, 0.1) is 0 Å². The van der Waals surface area contributed by atoms with Gasteiger partial charge in [-0.25, -0.2) is 4.79 Å². The van der Waals surface area contributed by atoms with Crippen LogP contribution in [0.5, 0.6) is 0 Å². The Morgan fingerprint density at radius 2 is 0.800 bits per heavy atom. The molecular weight excluding hydrogens is 423 g/mol. The lowest BCUT2D eigenvalue weighted by Crippen LogP contribution is -2.28. The Morgan fingerprint density at radius 1 is 0.533 bits per heavy atom. The van der Waals surface area contributed by atoms with Crippen molar-refractivity contribution in [1.29, 1.82) is 0 Å². The van der Waals surface area contributed by atoms with E-state index in [1.165, 1.54) is 51.4 Å². The number of rotatable bonds is 20. The van der Waals surface area contributed by atoms with Crippen LogP contribution in [0.2, 0.25) is 0 Å². The summed E-state index contributed by atoms with van der Waals surface area (Å²) in [5.41, 5.74) is 0. The van der Waals surface area contributed by atoms with Gasteiger partial charge in [-0.2, -0.15) is 0 Å². The molecule has 0 rings (SSSR count). The van der Waals surface area contributed by atoms with Crippen molar-refractivity contribution in [3.63, 3.8) is 0 Å². The maximum Gasteiger partial charge on any atom is 0.508 e. The Kier molecular flexibility index (Phi) is 30.7. The number of hydrogen-bond donors (Lipinski definition) is 0. The van der Waals surface area contributed by atoms with E-state index in [-0.39, 0.29) is 24.8 Å². The summed E-state index contributed by atoms with van der Waals surface area (Å²) in [5.74, 6) is 0. The Bertz CT molecular complexity index is 304. The Balaban J connectivity index is -0.00000364. The van der Waals surface area contributed by atoms with Crippen LogP contribution < -0.4 is 0 Å². The van der Waals surface area contributed by atoms with E-state index in [0.29, 0.717) is 13.2 Å². The first-order chi connectivity index (χ1) is 13.7. The highest BCUT2D eigenvalue weighted by Gasteiger charge is 2.08. The second-order valence-corrected chi connectivity index (χ2v) is 7.75. The highest BCUT2D eigenvalue weighted by Crippen LogP contribution is 2.03. The summed E-state index contributed by atoms with van der Waals surface area (Å²) in [6, 6.07) is 0. The molecule has 0 fully saturated rings. The highest BCUT2D eigenvalue weighted by molar-refractivity contribution is 5.85. The lowest BCUT2D eigenvalue weighted by molar-refractivity contribution is 0.0495. The molecule has 0 atom stereocenters. The molecule has 0 aliphatic carbocycles. The van der Waals surface area contributed by atoms with Crippen molar-refractivity contribution in [3.8, 4) is 0 Å². The average Bonchev–Trinajstić information content (AvgIpc) is 2.71. The Labute approximate surface area is 199 Å². The quantitative estimate of drug-likeness (QED) is 0.148. The summed E-state index contributed by atoms with van der Waals surface area (Å²) >= 11 is 0. The fraction of sp³-hybridized carbons (Fsp3) is 0.957.